The maximum Gasteiger partial charge on any atom is 0.257 e. The highest BCUT2D eigenvalue weighted by Crippen LogP contribution is 2.15. The first kappa shape index (κ1) is 17.8. The standard InChI is InChI=1S/C19H17N3O3S/c1-25-12-13-2-4-14(5-3-13)17(23)21-16-8-6-15(7-9-16)18(24)22-19-20-10-11-26-19/h2-11H,12H2,1H3,(H,21,23)(H,20,22,24). The molecule has 132 valence electrons. The molecule has 1 heterocycles. The molecular weight excluding hydrogens is 350 g/mol. The Balaban J connectivity index is 1.61. The fourth-order valence-electron chi connectivity index (χ4n) is 2.28. The number of nitrogens with zero attached hydrogens (tertiary/aromatic N) is 1. The van der Waals surface area contributed by atoms with Gasteiger partial charge in [-0.25, -0.2) is 4.98 Å². The number of hydrogen-bond acceptors (Lipinski definition) is 5. The number of amides is 2. The van der Waals surface area contributed by atoms with E-state index in [4.69, 9.17) is 4.74 Å². The second kappa shape index (κ2) is 8.37. The highest BCUT2D eigenvalue weighted by atomic mass is 32.1. The summed E-state index contributed by atoms with van der Waals surface area (Å²) in [6.45, 7) is 0.506. The number of carbonyl (C=O) groups is 2. The molecule has 0 saturated carbocycles. The Hall–Kier alpha value is -3.03. The van der Waals surface area contributed by atoms with Crippen molar-refractivity contribution in [2.24, 2.45) is 0 Å². The van der Waals surface area contributed by atoms with Crippen LogP contribution in [-0.4, -0.2) is 23.9 Å². The van der Waals surface area contributed by atoms with Crippen LogP contribution in [0.25, 0.3) is 0 Å². The first-order valence-corrected chi connectivity index (χ1v) is 8.74. The fourth-order valence-corrected chi connectivity index (χ4v) is 2.81. The molecule has 3 rings (SSSR count). The second-order valence-corrected chi connectivity index (χ2v) is 6.35. The summed E-state index contributed by atoms with van der Waals surface area (Å²) in [6, 6.07) is 13.9. The summed E-state index contributed by atoms with van der Waals surface area (Å²) in [5.41, 5.74) is 2.65. The van der Waals surface area contributed by atoms with E-state index in [2.05, 4.69) is 15.6 Å². The molecule has 7 heteroatoms. The van der Waals surface area contributed by atoms with Crippen LogP contribution < -0.4 is 10.6 Å². The van der Waals surface area contributed by atoms with E-state index in [0.717, 1.165) is 5.56 Å². The summed E-state index contributed by atoms with van der Waals surface area (Å²) < 4.78 is 5.05. The predicted molar refractivity (Wildman–Crippen MR) is 102 cm³/mol. The lowest BCUT2D eigenvalue weighted by Gasteiger charge is -2.07. The molecular formula is C19H17N3O3S. The smallest absolute Gasteiger partial charge is 0.257 e. The zero-order chi connectivity index (χ0) is 18.4. The molecule has 6 nitrogen and oxygen atoms in total. The van der Waals surface area contributed by atoms with Crippen LogP contribution >= 0.6 is 11.3 Å². The van der Waals surface area contributed by atoms with Crippen LogP contribution in [0.5, 0.6) is 0 Å². The number of hydrogen-bond donors (Lipinski definition) is 2. The predicted octanol–water partition coefficient (Wildman–Crippen LogP) is 3.79. The van der Waals surface area contributed by atoms with Crippen molar-refractivity contribution >= 4 is 34.0 Å². The lowest BCUT2D eigenvalue weighted by molar-refractivity contribution is 0.102. The van der Waals surface area contributed by atoms with Gasteiger partial charge in [-0.15, -0.1) is 11.3 Å². The Labute approximate surface area is 154 Å². The lowest BCUT2D eigenvalue weighted by atomic mass is 10.1. The number of methoxy groups -OCH3 is 1. The molecule has 2 aromatic carbocycles. The number of aromatic nitrogens is 1. The average Bonchev–Trinajstić information content (AvgIpc) is 3.16. The van der Waals surface area contributed by atoms with Gasteiger partial charge in [0.05, 0.1) is 6.61 Å². The third kappa shape index (κ3) is 4.53. The van der Waals surface area contributed by atoms with Crippen LogP contribution in [0.2, 0.25) is 0 Å². The summed E-state index contributed by atoms with van der Waals surface area (Å²) in [5, 5.41) is 7.85. The number of thiazole rings is 1. The molecule has 0 bridgehead atoms. The molecule has 1 aromatic heterocycles. The normalized spacial score (nSPS) is 10.3. The van der Waals surface area contributed by atoms with Gasteiger partial charge in [0.2, 0.25) is 0 Å². The summed E-state index contributed by atoms with van der Waals surface area (Å²) in [7, 11) is 1.63. The molecule has 0 unspecified atom stereocenters. The van der Waals surface area contributed by atoms with Crippen LogP contribution in [0.3, 0.4) is 0 Å². The van der Waals surface area contributed by atoms with E-state index in [9.17, 15) is 9.59 Å². The summed E-state index contributed by atoms with van der Waals surface area (Å²) in [5.74, 6) is -0.458. The van der Waals surface area contributed by atoms with Crippen molar-refractivity contribution in [2.75, 3.05) is 17.7 Å². The van der Waals surface area contributed by atoms with Gasteiger partial charge in [-0.3, -0.25) is 14.9 Å². The van der Waals surface area contributed by atoms with Crippen LogP contribution in [-0.2, 0) is 11.3 Å². The largest absolute Gasteiger partial charge is 0.380 e. The summed E-state index contributed by atoms with van der Waals surface area (Å²) in [4.78, 5) is 28.4. The Morgan fingerprint density at radius 2 is 1.58 bits per heavy atom. The number of rotatable bonds is 6. The Morgan fingerprint density at radius 3 is 2.15 bits per heavy atom. The van der Waals surface area contributed by atoms with Gasteiger partial charge in [0.15, 0.2) is 5.13 Å². The van der Waals surface area contributed by atoms with Crippen LogP contribution in [0.4, 0.5) is 10.8 Å². The Bertz CT molecular complexity index is 875. The molecule has 2 amide bonds. The molecule has 26 heavy (non-hydrogen) atoms. The van der Waals surface area contributed by atoms with E-state index in [1.54, 1.807) is 55.1 Å². The quantitative estimate of drug-likeness (QED) is 0.694. The van der Waals surface area contributed by atoms with Crippen molar-refractivity contribution in [1.82, 2.24) is 4.98 Å². The third-order valence-corrected chi connectivity index (χ3v) is 4.27. The van der Waals surface area contributed by atoms with Gasteiger partial charge in [0, 0.05) is 35.5 Å². The highest BCUT2D eigenvalue weighted by molar-refractivity contribution is 7.13. The minimum Gasteiger partial charge on any atom is -0.380 e. The summed E-state index contributed by atoms with van der Waals surface area (Å²) in [6.07, 6.45) is 1.63. The van der Waals surface area contributed by atoms with Crippen LogP contribution in [0.1, 0.15) is 26.3 Å². The van der Waals surface area contributed by atoms with Gasteiger partial charge in [0.1, 0.15) is 0 Å². The average molecular weight is 367 g/mol. The van der Waals surface area contributed by atoms with Crippen LogP contribution in [0.15, 0.2) is 60.1 Å². The van der Waals surface area contributed by atoms with E-state index in [1.165, 1.54) is 11.3 Å². The van der Waals surface area contributed by atoms with Crippen molar-refractivity contribution in [3.8, 4) is 0 Å². The number of ether oxygens (including phenoxy) is 1. The highest BCUT2D eigenvalue weighted by Gasteiger charge is 2.09. The molecule has 0 aliphatic carbocycles. The van der Waals surface area contributed by atoms with Crippen molar-refractivity contribution in [1.29, 1.82) is 0 Å². The van der Waals surface area contributed by atoms with E-state index in [1.807, 2.05) is 12.1 Å². The maximum atomic E-state index is 12.3. The summed E-state index contributed by atoms with van der Waals surface area (Å²) >= 11 is 1.35. The second-order valence-electron chi connectivity index (χ2n) is 5.45. The van der Waals surface area contributed by atoms with Gasteiger partial charge in [-0.1, -0.05) is 12.1 Å². The van der Waals surface area contributed by atoms with Gasteiger partial charge in [-0.05, 0) is 42.0 Å². The zero-order valence-electron chi connectivity index (χ0n) is 14.1. The SMILES string of the molecule is COCc1ccc(C(=O)Nc2ccc(C(=O)Nc3nccs3)cc2)cc1. The topological polar surface area (TPSA) is 80.3 Å². The Kier molecular flexibility index (Phi) is 5.73. The number of nitrogens with one attached hydrogen (secondary N) is 2. The maximum absolute atomic E-state index is 12.3. The molecule has 0 atom stereocenters. The lowest BCUT2D eigenvalue weighted by Crippen LogP contribution is -2.13. The molecule has 2 N–H and O–H groups in total. The molecule has 0 aliphatic heterocycles. The molecule has 0 saturated heterocycles. The minimum atomic E-state index is -0.244. The van der Waals surface area contributed by atoms with Gasteiger partial charge < -0.3 is 10.1 Å². The number of carbonyl (C=O) groups excluding carboxylic acids is 2. The Morgan fingerprint density at radius 1 is 0.962 bits per heavy atom. The molecule has 0 aliphatic rings. The molecule has 0 fully saturated rings. The first-order valence-electron chi connectivity index (χ1n) is 7.86. The first-order chi connectivity index (χ1) is 12.7. The zero-order valence-corrected chi connectivity index (χ0v) is 14.9. The van der Waals surface area contributed by atoms with Crippen molar-refractivity contribution in [2.45, 2.75) is 6.61 Å². The van der Waals surface area contributed by atoms with E-state index >= 15 is 0 Å². The van der Waals surface area contributed by atoms with Crippen LogP contribution in [0, 0.1) is 0 Å². The minimum absolute atomic E-state index is 0.214. The number of anilines is 2. The number of benzene rings is 2. The monoisotopic (exact) mass is 367 g/mol. The third-order valence-electron chi connectivity index (χ3n) is 3.58. The van der Waals surface area contributed by atoms with Gasteiger partial charge in [-0.2, -0.15) is 0 Å². The molecule has 0 radical (unpaired) electrons. The molecule has 0 spiro atoms. The van der Waals surface area contributed by atoms with Crippen molar-refractivity contribution in [3.63, 3.8) is 0 Å². The van der Waals surface area contributed by atoms with Gasteiger partial charge in [0.25, 0.3) is 11.8 Å². The molecule has 3 aromatic rings. The van der Waals surface area contributed by atoms with E-state index in [0.29, 0.717) is 28.6 Å². The van der Waals surface area contributed by atoms with Gasteiger partial charge >= 0.3 is 0 Å². The van der Waals surface area contributed by atoms with Crippen molar-refractivity contribution in [3.05, 3.63) is 76.8 Å². The van der Waals surface area contributed by atoms with Crippen molar-refractivity contribution < 1.29 is 14.3 Å². The van der Waals surface area contributed by atoms with E-state index in [-0.39, 0.29) is 11.8 Å². The fraction of sp³-hybridized carbons (Fsp3) is 0.105. The van der Waals surface area contributed by atoms with E-state index < -0.39 is 0 Å².